The maximum atomic E-state index is 5.34. The molecule has 66 valence electrons. The molecule has 1 aliphatic heterocycles. The lowest BCUT2D eigenvalue weighted by atomic mass is 10.0. The van der Waals surface area contributed by atoms with Gasteiger partial charge in [0.1, 0.15) is 0 Å². The van der Waals surface area contributed by atoms with Gasteiger partial charge in [-0.2, -0.15) is 0 Å². The molecular weight excluding hydrogens is 172 g/mol. The van der Waals surface area contributed by atoms with Gasteiger partial charge in [-0.05, 0) is 33.7 Å². The fourth-order valence-corrected chi connectivity index (χ4v) is 2.18. The number of ether oxygens (including phenoxy) is 1. The number of hydrogen-bond acceptors (Lipinski definition) is 1. The highest BCUT2D eigenvalue weighted by Gasteiger charge is 2.26. The maximum Gasteiger partial charge on any atom is 0.166 e. The van der Waals surface area contributed by atoms with Crippen molar-refractivity contribution in [3.8, 4) is 0 Å². The van der Waals surface area contributed by atoms with Crippen LogP contribution in [0.5, 0.6) is 0 Å². The van der Waals surface area contributed by atoms with Crippen LogP contribution < -0.4 is 10.4 Å². The zero-order valence-electron chi connectivity index (χ0n) is 7.58. The Morgan fingerprint density at radius 2 is 2.14 bits per heavy atom. The van der Waals surface area contributed by atoms with Crippen LogP contribution in [0, 0.1) is 0 Å². The highest BCUT2D eigenvalue weighted by Crippen LogP contribution is 2.32. The molecule has 2 aliphatic carbocycles. The molecule has 0 radical (unpaired) electrons. The van der Waals surface area contributed by atoms with Gasteiger partial charge in [-0.3, -0.25) is 0 Å². The normalized spacial score (nSPS) is 18.9. The first-order valence-corrected chi connectivity index (χ1v) is 4.84. The molecular formula is C13H8O. The van der Waals surface area contributed by atoms with Crippen molar-refractivity contribution < 1.29 is 4.74 Å². The van der Waals surface area contributed by atoms with Crippen molar-refractivity contribution in [3.05, 3.63) is 51.3 Å². The largest absolute Gasteiger partial charge is 0.454 e. The highest BCUT2D eigenvalue weighted by molar-refractivity contribution is 5.69. The summed E-state index contributed by atoms with van der Waals surface area (Å²) >= 11 is 0. The van der Waals surface area contributed by atoms with Gasteiger partial charge in [0.15, 0.2) is 11.5 Å². The third kappa shape index (κ3) is 0.746. The zero-order chi connectivity index (χ0) is 9.12. The van der Waals surface area contributed by atoms with Crippen molar-refractivity contribution in [1.82, 2.24) is 0 Å². The molecule has 14 heavy (non-hydrogen) atoms. The first-order chi connectivity index (χ1) is 6.90. The fourth-order valence-electron chi connectivity index (χ4n) is 2.18. The van der Waals surface area contributed by atoms with Gasteiger partial charge in [-0.25, -0.2) is 0 Å². The smallest absolute Gasteiger partial charge is 0.166 e. The van der Waals surface area contributed by atoms with E-state index < -0.39 is 0 Å². The van der Waals surface area contributed by atoms with E-state index in [4.69, 9.17) is 4.74 Å². The molecule has 0 amide bonds. The van der Waals surface area contributed by atoms with Crippen LogP contribution in [0.3, 0.4) is 0 Å². The predicted octanol–water partition coefficient (Wildman–Crippen LogP) is 1.07. The van der Waals surface area contributed by atoms with Gasteiger partial charge in [-0.1, -0.05) is 24.3 Å². The van der Waals surface area contributed by atoms with Crippen LogP contribution in [0.15, 0.2) is 29.7 Å². The van der Waals surface area contributed by atoms with Crippen molar-refractivity contribution in [3.63, 3.8) is 0 Å². The molecule has 0 saturated carbocycles. The average molecular weight is 180 g/mol. The highest BCUT2D eigenvalue weighted by atomic mass is 16.6. The summed E-state index contributed by atoms with van der Waals surface area (Å²) in [7, 11) is 0. The molecule has 3 aliphatic rings. The second-order valence-corrected chi connectivity index (χ2v) is 3.92. The lowest BCUT2D eigenvalue weighted by molar-refractivity contribution is 0.478. The molecule has 1 heterocycles. The number of rotatable bonds is 0. The number of benzene rings is 1. The fraction of sp³-hybridized carbons (Fsp3) is 0.0769. The van der Waals surface area contributed by atoms with Gasteiger partial charge < -0.3 is 4.74 Å². The van der Waals surface area contributed by atoms with Crippen LogP contribution >= 0.6 is 0 Å². The Kier molecular flexibility index (Phi) is 0.954. The molecule has 1 heteroatoms. The number of hydrogen-bond donors (Lipinski definition) is 0. The molecule has 1 aromatic carbocycles. The van der Waals surface area contributed by atoms with Crippen LogP contribution in [-0.4, -0.2) is 0 Å². The monoisotopic (exact) mass is 180 g/mol. The Balaban J connectivity index is 2.10. The summed E-state index contributed by atoms with van der Waals surface area (Å²) < 4.78 is 5.34. The maximum absolute atomic E-state index is 5.34. The van der Waals surface area contributed by atoms with Crippen LogP contribution in [0.25, 0.3) is 18.2 Å². The summed E-state index contributed by atoms with van der Waals surface area (Å²) in [5.41, 5.74) is 2.71. The summed E-state index contributed by atoms with van der Waals surface area (Å²) in [6, 6.07) is 4.52. The van der Waals surface area contributed by atoms with E-state index in [9.17, 15) is 0 Å². The van der Waals surface area contributed by atoms with Crippen molar-refractivity contribution >= 4 is 18.2 Å². The van der Waals surface area contributed by atoms with Crippen molar-refractivity contribution in [2.24, 2.45) is 0 Å². The van der Waals surface area contributed by atoms with E-state index in [1.54, 1.807) is 0 Å². The molecule has 0 fully saturated rings. The minimum Gasteiger partial charge on any atom is -0.454 e. The van der Waals surface area contributed by atoms with E-state index in [1.807, 2.05) is 0 Å². The molecule has 0 spiro atoms. The first kappa shape index (κ1) is 6.66. The minimum absolute atomic E-state index is 0.974. The molecule has 0 unspecified atom stereocenters. The van der Waals surface area contributed by atoms with Crippen LogP contribution in [0.4, 0.5) is 0 Å². The Morgan fingerprint density at radius 1 is 1.14 bits per heavy atom. The van der Waals surface area contributed by atoms with E-state index in [2.05, 4.69) is 36.4 Å². The van der Waals surface area contributed by atoms with E-state index in [0.717, 1.165) is 17.9 Å². The molecule has 0 atom stereocenters. The molecule has 1 nitrogen and oxygen atoms in total. The summed E-state index contributed by atoms with van der Waals surface area (Å²) in [6.07, 6.45) is 9.53. The Labute approximate surface area is 81.3 Å². The zero-order valence-corrected chi connectivity index (χ0v) is 7.58. The second kappa shape index (κ2) is 2.01. The lowest BCUT2D eigenvalue weighted by Crippen LogP contribution is -2.17. The van der Waals surface area contributed by atoms with Crippen LogP contribution in [0.1, 0.15) is 11.1 Å². The van der Waals surface area contributed by atoms with E-state index in [0.29, 0.717) is 0 Å². The second-order valence-electron chi connectivity index (χ2n) is 3.92. The summed E-state index contributed by atoms with van der Waals surface area (Å²) in [5, 5.41) is 2.65. The standard InChI is InChI=1S/C13H8O/c1-2-8-4-10-6-12-13(14-12)7-11(10)5-9(8)3-1/h1-6H,7H2. The third-order valence-electron chi connectivity index (χ3n) is 3.00. The van der Waals surface area contributed by atoms with E-state index in [-0.39, 0.29) is 0 Å². The van der Waals surface area contributed by atoms with E-state index in [1.165, 1.54) is 21.6 Å². The van der Waals surface area contributed by atoms with E-state index >= 15 is 0 Å². The van der Waals surface area contributed by atoms with Gasteiger partial charge in [-0.15, -0.1) is 0 Å². The quantitative estimate of drug-likeness (QED) is 0.582. The predicted molar refractivity (Wildman–Crippen MR) is 55.5 cm³/mol. The van der Waals surface area contributed by atoms with Gasteiger partial charge >= 0.3 is 0 Å². The molecule has 4 rings (SSSR count). The molecule has 0 aromatic heterocycles. The van der Waals surface area contributed by atoms with Gasteiger partial charge in [0.05, 0.1) is 0 Å². The lowest BCUT2D eigenvalue weighted by Gasteiger charge is -2.01. The van der Waals surface area contributed by atoms with Crippen molar-refractivity contribution in [2.45, 2.75) is 6.42 Å². The van der Waals surface area contributed by atoms with Crippen molar-refractivity contribution in [2.75, 3.05) is 0 Å². The first-order valence-electron chi connectivity index (χ1n) is 4.84. The average Bonchev–Trinajstić information content (AvgIpc) is 2.77. The number of allylic oxidation sites excluding steroid dienone is 3. The molecule has 1 aromatic rings. The molecule has 0 saturated heterocycles. The topological polar surface area (TPSA) is 12.5 Å². The third-order valence-corrected chi connectivity index (χ3v) is 3.00. The van der Waals surface area contributed by atoms with Gasteiger partial charge in [0, 0.05) is 6.42 Å². The summed E-state index contributed by atoms with van der Waals surface area (Å²) in [5.74, 6) is 2.24. The Hall–Kier alpha value is -1.76. The van der Waals surface area contributed by atoms with Crippen LogP contribution in [-0.2, 0) is 11.2 Å². The Morgan fingerprint density at radius 3 is 3.14 bits per heavy atom. The SMILES string of the molecule is C1=Cc2cc3c(cc2=C1)CC1=C(C=3)O1. The molecule has 0 N–H and O–H groups in total. The number of fused-ring (bicyclic) bond motifs is 2. The van der Waals surface area contributed by atoms with Gasteiger partial charge in [0.2, 0.25) is 0 Å². The van der Waals surface area contributed by atoms with Crippen LogP contribution in [0.2, 0.25) is 0 Å². The van der Waals surface area contributed by atoms with Gasteiger partial charge in [0.25, 0.3) is 0 Å². The molecule has 0 bridgehead atoms. The summed E-state index contributed by atoms with van der Waals surface area (Å²) in [6.45, 7) is 0. The van der Waals surface area contributed by atoms with Crippen molar-refractivity contribution in [1.29, 1.82) is 0 Å². The summed E-state index contributed by atoms with van der Waals surface area (Å²) in [4.78, 5) is 0. The minimum atomic E-state index is 0.974. The Bertz CT molecular complexity index is 630.